The molecule has 0 aliphatic carbocycles. The molecular weight excluding hydrogens is 274 g/mol. The van der Waals surface area contributed by atoms with Gasteiger partial charge in [-0.25, -0.2) is 9.69 Å². The minimum absolute atomic E-state index is 0.0943. The molecule has 1 heterocycles. The van der Waals surface area contributed by atoms with Crippen LogP contribution in [0.25, 0.3) is 0 Å². The molecule has 1 aromatic carbocycles. The lowest BCUT2D eigenvalue weighted by molar-refractivity contribution is -0.384. The van der Waals surface area contributed by atoms with Crippen molar-refractivity contribution in [3.05, 3.63) is 34.4 Å². The highest BCUT2D eigenvalue weighted by molar-refractivity contribution is 6.18. The van der Waals surface area contributed by atoms with Crippen LogP contribution in [0.3, 0.4) is 0 Å². The van der Waals surface area contributed by atoms with E-state index < -0.39 is 21.9 Å². The van der Waals surface area contributed by atoms with Gasteiger partial charge in [0.1, 0.15) is 0 Å². The van der Waals surface area contributed by atoms with Crippen molar-refractivity contribution in [1.29, 1.82) is 0 Å². The Balaban J connectivity index is 2.42. The quantitative estimate of drug-likeness (QED) is 0.669. The number of carbonyl (C=O) groups is 2. The Morgan fingerprint density at radius 2 is 1.62 bits per heavy atom. The third-order valence-electron chi connectivity index (χ3n) is 4.24. The number of carbonyl (C=O) groups excluding carboxylic acids is 2. The lowest BCUT2D eigenvalue weighted by atomic mass is 9.72. The molecule has 0 bridgehead atoms. The predicted octanol–water partition coefficient (Wildman–Crippen LogP) is 2.46. The molecule has 0 unspecified atom stereocenters. The van der Waals surface area contributed by atoms with Crippen LogP contribution in [0.1, 0.15) is 27.7 Å². The first-order chi connectivity index (χ1) is 9.58. The Labute approximate surface area is 122 Å². The zero-order chi connectivity index (χ0) is 16.0. The summed E-state index contributed by atoms with van der Waals surface area (Å²) in [7, 11) is 0. The van der Waals surface area contributed by atoms with Gasteiger partial charge in [0.15, 0.2) is 0 Å². The van der Waals surface area contributed by atoms with Crippen molar-refractivity contribution in [2.24, 2.45) is 5.41 Å². The van der Waals surface area contributed by atoms with Gasteiger partial charge in [0.25, 0.3) is 5.69 Å². The van der Waals surface area contributed by atoms with Crippen LogP contribution in [0.4, 0.5) is 16.2 Å². The van der Waals surface area contributed by atoms with Gasteiger partial charge in [0.2, 0.25) is 5.91 Å². The van der Waals surface area contributed by atoms with Crippen molar-refractivity contribution in [3.63, 3.8) is 0 Å². The van der Waals surface area contributed by atoms with E-state index in [4.69, 9.17) is 0 Å². The second-order valence-corrected chi connectivity index (χ2v) is 6.09. The van der Waals surface area contributed by atoms with E-state index in [9.17, 15) is 19.7 Å². The summed E-state index contributed by atoms with van der Waals surface area (Å²) in [5.74, 6) is -0.342. The molecule has 7 heteroatoms. The van der Waals surface area contributed by atoms with Crippen molar-refractivity contribution in [3.8, 4) is 0 Å². The zero-order valence-corrected chi connectivity index (χ0v) is 12.3. The van der Waals surface area contributed by atoms with Crippen LogP contribution in [-0.2, 0) is 4.79 Å². The van der Waals surface area contributed by atoms with E-state index in [1.54, 1.807) is 27.7 Å². The van der Waals surface area contributed by atoms with Gasteiger partial charge in [0.05, 0.1) is 21.6 Å². The van der Waals surface area contributed by atoms with E-state index in [1.165, 1.54) is 24.3 Å². The summed E-state index contributed by atoms with van der Waals surface area (Å²) < 4.78 is 0. The molecule has 1 aliphatic rings. The molecule has 0 aromatic heterocycles. The fraction of sp³-hybridized carbons (Fsp3) is 0.429. The number of hydrogen-bond donors (Lipinski definition) is 1. The van der Waals surface area contributed by atoms with Crippen LogP contribution in [0.5, 0.6) is 0 Å². The Morgan fingerprint density at radius 1 is 1.10 bits per heavy atom. The van der Waals surface area contributed by atoms with Crippen molar-refractivity contribution >= 4 is 23.3 Å². The van der Waals surface area contributed by atoms with Crippen LogP contribution in [0, 0.1) is 15.5 Å². The van der Waals surface area contributed by atoms with Crippen molar-refractivity contribution in [2.75, 3.05) is 4.90 Å². The summed E-state index contributed by atoms with van der Waals surface area (Å²) in [5, 5.41) is 13.4. The topological polar surface area (TPSA) is 92.6 Å². The van der Waals surface area contributed by atoms with E-state index in [0.29, 0.717) is 5.69 Å². The van der Waals surface area contributed by atoms with Gasteiger partial charge in [-0.1, -0.05) is 0 Å². The molecule has 0 spiro atoms. The summed E-state index contributed by atoms with van der Waals surface area (Å²) in [5.41, 5.74) is -1.27. The zero-order valence-electron chi connectivity index (χ0n) is 12.3. The van der Waals surface area contributed by atoms with Crippen molar-refractivity contribution in [1.82, 2.24) is 5.32 Å². The Kier molecular flexibility index (Phi) is 3.24. The van der Waals surface area contributed by atoms with E-state index in [2.05, 4.69) is 5.32 Å². The van der Waals surface area contributed by atoms with Crippen molar-refractivity contribution in [2.45, 2.75) is 33.2 Å². The van der Waals surface area contributed by atoms with Gasteiger partial charge >= 0.3 is 6.03 Å². The molecule has 0 radical (unpaired) electrons. The maximum absolute atomic E-state index is 12.6. The molecule has 1 aromatic rings. The number of nitro benzene ring substituents is 1. The smallest absolute Gasteiger partial charge is 0.329 e. The standard InChI is InChI=1S/C14H17N3O4/c1-13(2)11(18)16(12(19)15-14(13,3)4)9-5-7-10(8-6-9)17(20)21/h5-8H,1-4H3,(H,15,19). The number of nitrogens with zero attached hydrogens (tertiary/aromatic N) is 2. The summed E-state index contributed by atoms with van der Waals surface area (Å²) >= 11 is 0. The Morgan fingerprint density at radius 3 is 2.10 bits per heavy atom. The van der Waals surface area contributed by atoms with E-state index in [0.717, 1.165) is 4.90 Å². The molecule has 1 saturated heterocycles. The first-order valence-electron chi connectivity index (χ1n) is 6.49. The maximum Gasteiger partial charge on any atom is 0.329 e. The van der Waals surface area contributed by atoms with Gasteiger partial charge in [-0.2, -0.15) is 0 Å². The minimum atomic E-state index is -0.803. The predicted molar refractivity (Wildman–Crippen MR) is 77.0 cm³/mol. The number of amides is 3. The number of hydrogen-bond acceptors (Lipinski definition) is 4. The van der Waals surface area contributed by atoms with E-state index >= 15 is 0 Å². The number of nitrogens with one attached hydrogen (secondary N) is 1. The molecule has 112 valence electrons. The van der Waals surface area contributed by atoms with Crippen LogP contribution < -0.4 is 10.2 Å². The summed E-state index contributed by atoms with van der Waals surface area (Å²) in [4.78, 5) is 36.0. The van der Waals surface area contributed by atoms with Crippen LogP contribution in [0.2, 0.25) is 0 Å². The number of imide groups is 1. The highest BCUT2D eigenvalue weighted by Gasteiger charge is 2.52. The molecule has 0 atom stereocenters. The normalized spacial score (nSPS) is 20.1. The number of anilines is 1. The first-order valence-corrected chi connectivity index (χ1v) is 6.49. The molecule has 3 amide bonds. The molecule has 0 saturated carbocycles. The fourth-order valence-electron chi connectivity index (χ4n) is 2.08. The monoisotopic (exact) mass is 291 g/mol. The fourth-order valence-corrected chi connectivity index (χ4v) is 2.08. The highest BCUT2D eigenvalue weighted by Crippen LogP contribution is 2.38. The summed E-state index contributed by atoms with van der Waals surface area (Å²) in [6, 6.07) is 4.79. The number of benzene rings is 1. The molecule has 2 rings (SSSR count). The Hall–Kier alpha value is -2.44. The lowest BCUT2D eigenvalue weighted by Crippen LogP contribution is -2.69. The Bertz CT molecular complexity index is 620. The van der Waals surface area contributed by atoms with E-state index in [-0.39, 0.29) is 11.6 Å². The van der Waals surface area contributed by atoms with E-state index in [1.807, 2.05) is 0 Å². The number of urea groups is 1. The lowest BCUT2D eigenvalue weighted by Gasteiger charge is -2.48. The van der Waals surface area contributed by atoms with Gasteiger partial charge in [-0.3, -0.25) is 14.9 Å². The van der Waals surface area contributed by atoms with Gasteiger partial charge in [0, 0.05) is 12.1 Å². The number of rotatable bonds is 2. The SMILES string of the molecule is CC1(C)NC(=O)N(c2ccc([N+](=O)[O-])cc2)C(=O)C1(C)C. The van der Waals surface area contributed by atoms with Crippen LogP contribution >= 0.6 is 0 Å². The van der Waals surface area contributed by atoms with Crippen molar-refractivity contribution < 1.29 is 14.5 Å². The molecule has 7 nitrogen and oxygen atoms in total. The summed E-state index contributed by atoms with van der Waals surface area (Å²) in [6.07, 6.45) is 0. The molecule has 1 N–H and O–H groups in total. The molecular formula is C14H17N3O4. The van der Waals surface area contributed by atoms with Crippen LogP contribution in [-0.4, -0.2) is 22.4 Å². The number of non-ortho nitro benzene ring substituents is 1. The average molecular weight is 291 g/mol. The van der Waals surface area contributed by atoms with Gasteiger partial charge in [-0.15, -0.1) is 0 Å². The third kappa shape index (κ3) is 2.24. The highest BCUT2D eigenvalue weighted by atomic mass is 16.6. The molecule has 1 fully saturated rings. The van der Waals surface area contributed by atoms with Crippen LogP contribution in [0.15, 0.2) is 24.3 Å². The number of nitro groups is 1. The third-order valence-corrected chi connectivity index (χ3v) is 4.24. The second-order valence-electron chi connectivity index (χ2n) is 6.09. The molecule has 1 aliphatic heterocycles. The largest absolute Gasteiger partial charge is 0.331 e. The molecule has 21 heavy (non-hydrogen) atoms. The van der Waals surface area contributed by atoms with Gasteiger partial charge in [-0.05, 0) is 39.8 Å². The second kappa shape index (κ2) is 4.54. The first kappa shape index (κ1) is 15.0. The average Bonchev–Trinajstić information content (AvgIpc) is 2.37. The maximum atomic E-state index is 12.6. The summed E-state index contributed by atoms with van der Waals surface area (Å²) in [6.45, 7) is 7.09. The minimum Gasteiger partial charge on any atom is -0.331 e. The van der Waals surface area contributed by atoms with Gasteiger partial charge < -0.3 is 5.32 Å².